The summed E-state index contributed by atoms with van der Waals surface area (Å²) in [4.78, 5) is 28.9. The van der Waals surface area contributed by atoms with E-state index in [0.29, 0.717) is 28.8 Å². The van der Waals surface area contributed by atoms with Gasteiger partial charge in [-0.15, -0.1) is 0 Å². The van der Waals surface area contributed by atoms with Gasteiger partial charge in [0.15, 0.2) is 0 Å². The Bertz CT molecular complexity index is 1070. The van der Waals surface area contributed by atoms with Gasteiger partial charge in [-0.2, -0.15) is 0 Å². The SMILES string of the molecule is NC(=O)c1ccc2c(=O)n3c(nc2c1)C(=Cc1ccccc1)CCC3. The Morgan fingerprint density at radius 2 is 1.96 bits per heavy atom. The van der Waals surface area contributed by atoms with E-state index in [1.807, 2.05) is 30.3 Å². The zero-order valence-electron chi connectivity index (χ0n) is 13.6. The molecule has 25 heavy (non-hydrogen) atoms. The van der Waals surface area contributed by atoms with Crippen molar-refractivity contribution in [2.75, 3.05) is 0 Å². The summed E-state index contributed by atoms with van der Waals surface area (Å²) in [5.41, 5.74) is 8.24. The summed E-state index contributed by atoms with van der Waals surface area (Å²) in [6, 6.07) is 14.8. The summed E-state index contributed by atoms with van der Waals surface area (Å²) in [7, 11) is 0. The number of hydrogen-bond acceptors (Lipinski definition) is 3. The number of hydrogen-bond donors (Lipinski definition) is 1. The highest BCUT2D eigenvalue weighted by atomic mass is 16.1. The van der Waals surface area contributed by atoms with Crippen molar-refractivity contribution in [3.8, 4) is 0 Å². The van der Waals surface area contributed by atoms with E-state index >= 15 is 0 Å². The Morgan fingerprint density at radius 1 is 1.16 bits per heavy atom. The molecule has 0 aliphatic carbocycles. The van der Waals surface area contributed by atoms with Crippen molar-refractivity contribution in [3.63, 3.8) is 0 Å². The number of rotatable bonds is 2. The fourth-order valence-corrected chi connectivity index (χ4v) is 3.25. The minimum Gasteiger partial charge on any atom is -0.366 e. The number of carbonyl (C=O) groups is 1. The second-order valence-corrected chi connectivity index (χ2v) is 6.17. The topological polar surface area (TPSA) is 78.0 Å². The smallest absolute Gasteiger partial charge is 0.261 e. The van der Waals surface area contributed by atoms with Gasteiger partial charge in [-0.1, -0.05) is 30.3 Å². The lowest BCUT2D eigenvalue weighted by molar-refractivity contribution is 0.100. The Labute approximate surface area is 144 Å². The first kappa shape index (κ1) is 15.3. The van der Waals surface area contributed by atoms with E-state index in [1.54, 1.807) is 22.8 Å². The van der Waals surface area contributed by atoms with Gasteiger partial charge in [-0.05, 0) is 48.3 Å². The monoisotopic (exact) mass is 331 g/mol. The Hall–Kier alpha value is -3.21. The largest absolute Gasteiger partial charge is 0.366 e. The van der Waals surface area contributed by atoms with E-state index < -0.39 is 5.91 Å². The van der Waals surface area contributed by atoms with E-state index in [2.05, 4.69) is 11.1 Å². The predicted octanol–water partition coefficient (Wildman–Crippen LogP) is 2.83. The lowest BCUT2D eigenvalue weighted by Gasteiger charge is -2.21. The molecule has 1 aliphatic heterocycles. The van der Waals surface area contributed by atoms with Gasteiger partial charge in [0.2, 0.25) is 5.91 Å². The molecule has 2 heterocycles. The van der Waals surface area contributed by atoms with Crippen LogP contribution >= 0.6 is 0 Å². The van der Waals surface area contributed by atoms with E-state index in [4.69, 9.17) is 5.73 Å². The second-order valence-electron chi connectivity index (χ2n) is 6.17. The molecule has 2 N–H and O–H groups in total. The first-order chi connectivity index (χ1) is 12.1. The van der Waals surface area contributed by atoms with Crippen LogP contribution in [0.5, 0.6) is 0 Å². The Kier molecular flexibility index (Phi) is 3.69. The molecule has 0 radical (unpaired) electrons. The Balaban J connectivity index is 1.94. The van der Waals surface area contributed by atoms with Gasteiger partial charge in [0.1, 0.15) is 5.82 Å². The molecule has 3 aromatic rings. The lowest BCUT2D eigenvalue weighted by Crippen LogP contribution is -2.28. The van der Waals surface area contributed by atoms with E-state index in [-0.39, 0.29) is 5.56 Å². The molecule has 1 amide bonds. The maximum absolute atomic E-state index is 12.8. The number of nitrogens with two attached hydrogens (primary N) is 1. The molecular formula is C20H17N3O2. The average Bonchev–Trinajstić information content (AvgIpc) is 2.63. The number of fused-ring (bicyclic) bond motifs is 2. The third-order valence-electron chi connectivity index (χ3n) is 4.50. The van der Waals surface area contributed by atoms with Crippen molar-refractivity contribution < 1.29 is 4.79 Å². The molecule has 0 fully saturated rings. The fourth-order valence-electron chi connectivity index (χ4n) is 3.25. The lowest BCUT2D eigenvalue weighted by atomic mass is 10.0. The third-order valence-corrected chi connectivity index (χ3v) is 4.50. The molecule has 0 unspecified atom stereocenters. The van der Waals surface area contributed by atoms with Gasteiger partial charge in [-0.3, -0.25) is 14.2 Å². The maximum Gasteiger partial charge on any atom is 0.261 e. The summed E-state index contributed by atoms with van der Waals surface area (Å²) < 4.78 is 1.73. The van der Waals surface area contributed by atoms with E-state index in [0.717, 1.165) is 24.0 Å². The van der Waals surface area contributed by atoms with Crippen molar-refractivity contribution in [3.05, 3.63) is 75.8 Å². The number of aromatic nitrogens is 2. The molecule has 124 valence electrons. The highest BCUT2D eigenvalue weighted by molar-refractivity contribution is 5.96. The van der Waals surface area contributed by atoms with Crippen LogP contribution in [0, 0.1) is 0 Å². The number of benzene rings is 2. The molecule has 1 aromatic heterocycles. The molecule has 0 saturated carbocycles. The summed E-state index contributed by atoms with van der Waals surface area (Å²) >= 11 is 0. The van der Waals surface area contributed by atoms with Crippen LogP contribution < -0.4 is 11.3 Å². The first-order valence-electron chi connectivity index (χ1n) is 8.24. The van der Waals surface area contributed by atoms with Crippen LogP contribution in [-0.2, 0) is 6.54 Å². The normalized spacial score (nSPS) is 15.3. The molecule has 5 nitrogen and oxygen atoms in total. The van der Waals surface area contributed by atoms with E-state index in [1.165, 1.54) is 0 Å². The van der Waals surface area contributed by atoms with Crippen LogP contribution in [0.3, 0.4) is 0 Å². The minimum atomic E-state index is -0.526. The van der Waals surface area contributed by atoms with Gasteiger partial charge < -0.3 is 5.73 Å². The predicted molar refractivity (Wildman–Crippen MR) is 98.1 cm³/mol. The van der Waals surface area contributed by atoms with E-state index in [9.17, 15) is 9.59 Å². The molecule has 0 atom stereocenters. The van der Waals surface area contributed by atoms with Crippen molar-refractivity contribution in [1.29, 1.82) is 0 Å². The van der Waals surface area contributed by atoms with Crippen molar-refractivity contribution in [2.45, 2.75) is 19.4 Å². The molecule has 5 heteroatoms. The molecule has 0 saturated heterocycles. The van der Waals surface area contributed by atoms with Crippen LogP contribution in [0.25, 0.3) is 22.6 Å². The summed E-state index contributed by atoms with van der Waals surface area (Å²) in [6.07, 6.45) is 3.84. The second kappa shape index (κ2) is 6.02. The van der Waals surface area contributed by atoms with Crippen LogP contribution in [0.1, 0.15) is 34.6 Å². The molecule has 1 aliphatic rings. The van der Waals surface area contributed by atoms with Gasteiger partial charge in [0.05, 0.1) is 10.9 Å². The highest BCUT2D eigenvalue weighted by Gasteiger charge is 2.19. The van der Waals surface area contributed by atoms with Gasteiger partial charge in [0, 0.05) is 12.1 Å². The number of nitrogens with zero attached hydrogens (tertiary/aromatic N) is 2. The summed E-state index contributed by atoms with van der Waals surface area (Å²) in [6.45, 7) is 0.654. The summed E-state index contributed by atoms with van der Waals surface area (Å²) in [5.74, 6) is 0.149. The first-order valence-corrected chi connectivity index (χ1v) is 8.24. The molecule has 2 aromatic carbocycles. The molecule has 4 rings (SSSR count). The number of amides is 1. The maximum atomic E-state index is 12.8. The fraction of sp³-hybridized carbons (Fsp3) is 0.150. The minimum absolute atomic E-state index is 0.0744. The summed E-state index contributed by atoms with van der Waals surface area (Å²) in [5, 5.41) is 0.509. The quantitative estimate of drug-likeness (QED) is 0.784. The zero-order chi connectivity index (χ0) is 17.4. The van der Waals surface area contributed by atoms with Crippen molar-refractivity contribution >= 4 is 28.5 Å². The van der Waals surface area contributed by atoms with Crippen molar-refractivity contribution in [2.24, 2.45) is 5.73 Å². The van der Waals surface area contributed by atoms with Crippen LogP contribution in [0.15, 0.2) is 53.3 Å². The third kappa shape index (κ3) is 2.74. The zero-order valence-corrected chi connectivity index (χ0v) is 13.6. The van der Waals surface area contributed by atoms with Crippen LogP contribution in [0.4, 0.5) is 0 Å². The molecule has 0 spiro atoms. The molecule has 0 bridgehead atoms. The number of allylic oxidation sites excluding steroid dienone is 1. The van der Waals surface area contributed by atoms with Crippen molar-refractivity contribution in [1.82, 2.24) is 9.55 Å². The average molecular weight is 331 g/mol. The Morgan fingerprint density at radius 3 is 2.72 bits per heavy atom. The standard InChI is InChI=1S/C20H17N3O2/c21-18(24)14-8-9-16-17(12-14)22-19-15(7-4-10-23(19)20(16)25)11-13-5-2-1-3-6-13/h1-3,5-6,8-9,11-12H,4,7,10H2,(H2,21,24). The molecular weight excluding hydrogens is 314 g/mol. The van der Waals surface area contributed by atoms with Gasteiger partial charge >= 0.3 is 0 Å². The van der Waals surface area contributed by atoms with Gasteiger partial charge in [-0.25, -0.2) is 4.98 Å². The number of primary amides is 1. The van der Waals surface area contributed by atoms with Crippen LogP contribution in [0.2, 0.25) is 0 Å². The number of carbonyl (C=O) groups excluding carboxylic acids is 1. The highest BCUT2D eigenvalue weighted by Crippen LogP contribution is 2.27. The van der Waals surface area contributed by atoms with Gasteiger partial charge in [0.25, 0.3) is 5.56 Å². The van der Waals surface area contributed by atoms with Crippen LogP contribution in [-0.4, -0.2) is 15.5 Å².